The Labute approximate surface area is 264 Å². The summed E-state index contributed by atoms with van der Waals surface area (Å²) in [7, 11) is 1.66. The highest BCUT2D eigenvalue weighted by Gasteiger charge is 2.52. The predicted molar refractivity (Wildman–Crippen MR) is 163 cm³/mol. The molecule has 13 heteroatoms. The number of ether oxygens (including phenoxy) is 3. The number of fused-ring (bicyclic) bond motifs is 2. The van der Waals surface area contributed by atoms with Crippen LogP contribution in [-0.4, -0.2) is 102 Å². The van der Waals surface area contributed by atoms with Gasteiger partial charge in [0.15, 0.2) is 0 Å². The molecule has 4 fully saturated rings. The molecule has 46 heavy (non-hydrogen) atoms. The molecule has 1 spiro atoms. The molecule has 2 aromatic carbocycles. The van der Waals surface area contributed by atoms with Crippen LogP contribution in [0.5, 0.6) is 5.75 Å². The molecular formula is C33H35FN6O6. The van der Waals surface area contributed by atoms with Gasteiger partial charge in [0, 0.05) is 69.3 Å². The third kappa shape index (κ3) is 4.97. The van der Waals surface area contributed by atoms with Gasteiger partial charge >= 0.3 is 0 Å². The topological polar surface area (TPSA) is 126 Å². The minimum absolute atomic E-state index is 0.0233. The van der Waals surface area contributed by atoms with Crippen molar-refractivity contribution in [1.82, 2.24) is 25.1 Å². The van der Waals surface area contributed by atoms with Crippen LogP contribution in [0.4, 0.5) is 10.3 Å². The lowest BCUT2D eigenvalue weighted by Gasteiger charge is -2.57. The first-order valence-electron chi connectivity index (χ1n) is 15.8. The fraction of sp³-hybridized carbons (Fsp3) is 0.485. The van der Waals surface area contributed by atoms with Crippen molar-refractivity contribution in [3.63, 3.8) is 0 Å². The Balaban J connectivity index is 0.947. The lowest BCUT2D eigenvalue weighted by molar-refractivity contribution is -0.136. The van der Waals surface area contributed by atoms with Gasteiger partial charge in [0.25, 0.3) is 5.91 Å². The van der Waals surface area contributed by atoms with Gasteiger partial charge in [-0.3, -0.25) is 24.6 Å². The molecule has 0 aliphatic carbocycles. The first-order valence-corrected chi connectivity index (χ1v) is 15.8. The van der Waals surface area contributed by atoms with Crippen LogP contribution in [0.25, 0.3) is 10.9 Å². The molecule has 6 heterocycles. The number of amides is 3. The summed E-state index contributed by atoms with van der Waals surface area (Å²) < 4.78 is 32.8. The van der Waals surface area contributed by atoms with Crippen molar-refractivity contribution in [2.75, 3.05) is 51.5 Å². The molecule has 8 rings (SSSR count). The summed E-state index contributed by atoms with van der Waals surface area (Å²) >= 11 is 0. The van der Waals surface area contributed by atoms with Crippen LogP contribution in [0.2, 0.25) is 0 Å². The Morgan fingerprint density at radius 3 is 2.76 bits per heavy atom. The molecule has 0 bridgehead atoms. The van der Waals surface area contributed by atoms with Gasteiger partial charge in [0.1, 0.15) is 29.2 Å². The first-order chi connectivity index (χ1) is 22.3. The molecule has 3 amide bonds. The zero-order chi connectivity index (χ0) is 31.6. The largest absolute Gasteiger partial charge is 0.489 e. The molecule has 240 valence electrons. The van der Waals surface area contributed by atoms with E-state index in [4.69, 9.17) is 14.2 Å². The number of carbonyl (C=O) groups excluding carboxylic acids is 3. The van der Waals surface area contributed by atoms with Gasteiger partial charge in [-0.05, 0) is 54.3 Å². The molecular weight excluding hydrogens is 595 g/mol. The van der Waals surface area contributed by atoms with E-state index in [1.165, 1.54) is 4.90 Å². The van der Waals surface area contributed by atoms with Crippen LogP contribution in [0, 0.1) is 11.7 Å². The van der Waals surface area contributed by atoms with E-state index < -0.39 is 11.9 Å². The zero-order valence-electron chi connectivity index (χ0n) is 25.5. The second-order valence-electron chi connectivity index (χ2n) is 13.1. The van der Waals surface area contributed by atoms with Crippen LogP contribution in [-0.2, 0) is 32.2 Å². The van der Waals surface area contributed by atoms with Crippen molar-refractivity contribution in [1.29, 1.82) is 0 Å². The zero-order valence-corrected chi connectivity index (χ0v) is 25.5. The average molecular weight is 631 g/mol. The van der Waals surface area contributed by atoms with Gasteiger partial charge in [-0.25, -0.2) is 14.4 Å². The van der Waals surface area contributed by atoms with Crippen molar-refractivity contribution < 1.29 is 33.0 Å². The van der Waals surface area contributed by atoms with Crippen LogP contribution >= 0.6 is 0 Å². The molecule has 3 aromatic rings. The van der Waals surface area contributed by atoms with E-state index in [0.717, 1.165) is 24.1 Å². The van der Waals surface area contributed by atoms with Crippen LogP contribution in [0.1, 0.15) is 40.7 Å². The maximum Gasteiger partial charge on any atom is 0.255 e. The number of piperidine rings is 1. The molecule has 0 unspecified atom stereocenters. The molecule has 12 nitrogen and oxygen atoms in total. The van der Waals surface area contributed by atoms with Crippen molar-refractivity contribution in [2.24, 2.45) is 5.92 Å². The number of rotatable bonds is 8. The summed E-state index contributed by atoms with van der Waals surface area (Å²) in [4.78, 5) is 52.1. The summed E-state index contributed by atoms with van der Waals surface area (Å²) in [6, 6.07) is 8.22. The molecule has 0 saturated carbocycles. The summed E-state index contributed by atoms with van der Waals surface area (Å²) in [5, 5.41) is 3.00. The summed E-state index contributed by atoms with van der Waals surface area (Å²) in [6.07, 6.45) is 3.08. The molecule has 4 saturated heterocycles. The second-order valence-corrected chi connectivity index (χ2v) is 13.1. The number of aromatic nitrogens is 2. The molecule has 1 aromatic heterocycles. The molecule has 5 aliphatic rings. The van der Waals surface area contributed by atoms with Crippen molar-refractivity contribution in [3.05, 3.63) is 59.0 Å². The van der Waals surface area contributed by atoms with Gasteiger partial charge in [-0.1, -0.05) is 0 Å². The standard InChI is InChI=1S/C33H35FN6O6/c1-44-16-22-13-38(12-19-8-20-11-35-32(37-29(20)25(34)9-19)40-7-6-33(40)17-45-18-33)15-27(22)46-23-2-3-24-21(10-23)14-39(31(24)43)26-4-5-28(41)36-30(26)42/h2-3,8-11,22,26-27H,4-7,12-18H2,1H3,(H,36,41,42)/t22-,26-,27+/m0/s1. The number of nitrogens with one attached hydrogen (secondary N) is 1. The quantitative estimate of drug-likeness (QED) is 0.370. The maximum atomic E-state index is 15.4. The lowest BCUT2D eigenvalue weighted by atomic mass is 9.83. The third-order valence-electron chi connectivity index (χ3n) is 10.1. The van der Waals surface area contributed by atoms with Crippen LogP contribution < -0.4 is 15.0 Å². The van der Waals surface area contributed by atoms with E-state index in [-0.39, 0.29) is 48.2 Å². The number of methoxy groups -OCH3 is 1. The van der Waals surface area contributed by atoms with Crippen LogP contribution in [0.3, 0.4) is 0 Å². The Morgan fingerprint density at radius 2 is 2.02 bits per heavy atom. The van der Waals surface area contributed by atoms with E-state index in [9.17, 15) is 14.4 Å². The monoisotopic (exact) mass is 630 g/mol. The van der Waals surface area contributed by atoms with Crippen LogP contribution in [0.15, 0.2) is 36.5 Å². The highest BCUT2D eigenvalue weighted by atomic mass is 19.1. The van der Waals surface area contributed by atoms with E-state index in [2.05, 4.69) is 25.1 Å². The number of imide groups is 1. The normalized spacial score (nSPS) is 25.5. The number of anilines is 1. The minimum atomic E-state index is -0.667. The van der Waals surface area contributed by atoms with Gasteiger partial charge < -0.3 is 24.0 Å². The number of hydrogen-bond acceptors (Lipinski definition) is 10. The SMILES string of the molecule is COC[C@@H]1CN(Cc2cc(F)c3nc(N4CCC45COC5)ncc3c2)C[C@H]1Oc1ccc2c(c1)CN([C@H]1CCC(=O)NC1=O)C2=O. The van der Waals surface area contributed by atoms with Gasteiger partial charge in [0.05, 0.1) is 25.4 Å². The highest BCUT2D eigenvalue weighted by molar-refractivity contribution is 6.05. The fourth-order valence-corrected chi connectivity index (χ4v) is 7.48. The number of carbonyl (C=O) groups is 3. The molecule has 5 aliphatic heterocycles. The number of halogens is 1. The van der Waals surface area contributed by atoms with Crippen molar-refractivity contribution in [3.8, 4) is 5.75 Å². The van der Waals surface area contributed by atoms with E-state index in [1.807, 2.05) is 12.1 Å². The molecule has 1 N–H and O–H groups in total. The van der Waals surface area contributed by atoms with Gasteiger partial charge in [-0.15, -0.1) is 0 Å². The van der Waals surface area contributed by atoms with Crippen molar-refractivity contribution >= 4 is 34.6 Å². The van der Waals surface area contributed by atoms with E-state index in [0.29, 0.717) is 74.0 Å². The third-order valence-corrected chi connectivity index (χ3v) is 10.1. The number of hydrogen-bond donors (Lipinski definition) is 1. The smallest absolute Gasteiger partial charge is 0.255 e. The van der Waals surface area contributed by atoms with E-state index >= 15 is 4.39 Å². The fourth-order valence-electron chi connectivity index (χ4n) is 7.48. The predicted octanol–water partition coefficient (Wildman–Crippen LogP) is 2.03. The van der Waals surface area contributed by atoms with Crippen molar-refractivity contribution in [2.45, 2.75) is 50.0 Å². The Hall–Kier alpha value is -4.20. The number of nitrogens with zero attached hydrogens (tertiary/aromatic N) is 5. The summed E-state index contributed by atoms with van der Waals surface area (Å²) in [6.45, 7) is 4.80. The van der Waals surface area contributed by atoms with Gasteiger partial charge in [-0.2, -0.15) is 0 Å². The maximum absolute atomic E-state index is 15.4. The second kappa shape index (κ2) is 11.2. The van der Waals surface area contributed by atoms with Gasteiger partial charge in [0.2, 0.25) is 17.8 Å². The Kier molecular flexibility index (Phi) is 7.14. The van der Waals surface area contributed by atoms with E-state index in [1.54, 1.807) is 31.5 Å². The number of benzene rings is 2. The molecule has 3 atom stereocenters. The number of likely N-dealkylation sites (tertiary alicyclic amines) is 1. The lowest BCUT2D eigenvalue weighted by Crippen LogP contribution is -2.71. The highest BCUT2D eigenvalue weighted by Crippen LogP contribution is 2.40. The summed E-state index contributed by atoms with van der Waals surface area (Å²) in [5.74, 6) is -0.0736. The Morgan fingerprint density at radius 1 is 1.15 bits per heavy atom. The Bertz CT molecular complexity index is 1740. The minimum Gasteiger partial charge on any atom is -0.489 e. The molecule has 0 radical (unpaired) electrons. The summed E-state index contributed by atoms with van der Waals surface area (Å²) in [5.41, 5.74) is 2.45. The first kappa shape index (κ1) is 29.2. The average Bonchev–Trinajstić information content (AvgIpc) is 3.51.